The predicted molar refractivity (Wildman–Crippen MR) is 93.6 cm³/mol. The van der Waals surface area contributed by atoms with E-state index >= 15 is 0 Å². The minimum Gasteiger partial charge on any atom is -0.358 e. The summed E-state index contributed by atoms with van der Waals surface area (Å²) in [7, 11) is 0. The molecule has 0 fully saturated rings. The second kappa shape index (κ2) is 6.60. The summed E-state index contributed by atoms with van der Waals surface area (Å²) in [5, 5.41) is 6.27. The molecule has 25 heavy (non-hydrogen) atoms. The molecular weight excluding hydrogens is 314 g/mol. The lowest BCUT2D eigenvalue weighted by molar-refractivity contribution is -0.378. The molecule has 0 radical (unpaired) electrons. The number of H-pyrrole nitrogens is 1. The average molecular weight is 332 g/mol. The number of rotatable bonds is 4. The fourth-order valence-electron chi connectivity index (χ4n) is 2.99. The Balaban J connectivity index is 1.56. The second-order valence-electron chi connectivity index (χ2n) is 5.83. The summed E-state index contributed by atoms with van der Waals surface area (Å²) in [5.41, 5.74) is 3.33. The molecule has 6 heteroatoms. The number of hydrogen-bond acceptors (Lipinski definition) is 4. The number of aromatic amines is 1. The smallest absolute Gasteiger partial charge is 0.273 e. The van der Waals surface area contributed by atoms with Crippen LogP contribution in [0.3, 0.4) is 0 Å². The second-order valence-corrected chi connectivity index (χ2v) is 5.83. The largest absolute Gasteiger partial charge is 0.358 e. The van der Waals surface area contributed by atoms with Crippen molar-refractivity contribution < 1.29 is 9.78 Å². The van der Waals surface area contributed by atoms with Crippen LogP contribution in [0.15, 0.2) is 84.9 Å². The maximum Gasteiger partial charge on any atom is 0.273 e. The van der Waals surface area contributed by atoms with Crippen molar-refractivity contribution in [1.82, 2.24) is 15.2 Å². The van der Waals surface area contributed by atoms with Crippen molar-refractivity contribution in [1.29, 1.82) is 0 Å². The number of amides is 1. The van der Waals surface area contributed by atoms with E-state index in [1.54, 1.807) is 24.5 Å². The van der Waals surface area contributed by atoms with Gasteiger partial charge in [-0.15, -0.1) is 0 Å². The van der Waals surface area contributed by atoms with Gasteiger partial charge in [0.2, 0.25) is 0 Å². The van der Waals surface area contributed by atoms with E-state index in [9.17, 15) is 4.79 Å². The number of nitrogens with one attached hydrogen (secondary N) is 3. The van der Waals surface area contributed by atoms with Gasteiger partial charge in [0.15, 0.2) is 12.4 Å². The van der Waals surface area contributed by atoms with Gasteiger partial charge in [0, 0.05) is 42.3 Å². The summed E-state index contributed by atoms with van der Waals surface area (Å²) >= 11 is 0. The van der Waals surface area contributed by atoms with Crippen molar-refractivity contribution in [2.45, 2.75) is 12.6 Å². The van der Waals surface area contributed by atoms with Crippen molar-refractivity contribution >= 4 is 11.6 Å². The molecule has 1 atom stereocenters. The van der Waals surface area contributed by atoms with Gasteiger partial charge in [-0.2, -0.15) is 0 Å². The zero-order valence-electron chi connectivity index (χ0n) is 13.5. The molecule has 4 rings (SSSR count). The van der Waals surface area contributed by atoms with Crippen LogP contribution < -0.4 is 15.6 Å². The molecule has 0 aromatic carbocycles. The number of hydrogen-bond donors (Lipinski definition) is 2. The highest BCUT2D eigenvalue weighted by molar-refractivity contribution is 6.04. The minimum atomic E-state index is -0.159. The molecule has 0 spiro atoms. The first-order chi connectivity index (χ1) is 12.3. The summed E-state index contributed by atoms with van der Waals surface area (Å²) < 4.78 is 0. The van der Waals surface area contributed by atoms with Crippen LogP contribution >= 0.6 is 0 Å². The first kappa shape index (κ1) is 15.1. The Morgan fingerprint density at radius 2 is 2.16 bits per heavy atom. The molecule has 2 aromatic heterocycles. The fourth-order valence-corrected chi connectivity index (χ4v) is 2.99. The highest BCUT2D eigenvalue weighted by atomic mass is 16.2. The van der Waals surface area contributed by atoms with Crippen molar-refractivity contribution in [2.75, 3.05) is 5.32 Å². The zero-order chi connectivity index (χ0) is 17.1. The monoisotopic (exact) mass is 332 g/mol. The molecule has 2 aliphatic heterocycles. The number of allylic oxidation sites excluding steroid dienone is 3. The molecule has 4 heterocycles. The number of anilines is 1. The van der Waals surface area contributed by atoms with E-state index in [0.717, 1.165) is 23.4 Å². The standard InChI is InChI=1S/C19H17N5O/c25-19(22-15-6-9-20-10-7-15)18-16-5-1-2-11-24(16)17(23-18)12-14-4-3-8-21-13-14/h1-11,13,17,23H,12H2,(H,20,22,25)/p+1. The van der Waals surface area contributed by atoms with Crippen molar-refractivity contribution in [3.63, 3.8) is 0 Å². The van der Waals surface area contributed by atoms with Crippen LogP contribution in [0.5, 0.6) is 0 Å². The number of aromatic nitrogens is 2. The normalized spacial score (nSPS) is 18.1. The van der Waals surface area contributed by atoms with Crippen LogP contribution in [0.1, 0.15) is 5.56 Å². The van der Waals surface area contributed by atoms with E-state index in [2.05, 4.69) is 31.6 Å². The maximum absolute atomic E-state index is 12.7. The Kier molecular flexibility index (Phi) is 4.00. The molecule has 0 bridgehead atoms. The Bertz CT molecular complexity index is 858. The molecule has 124 valence electrons. The van der Waals surface area contributed by atoms with Crippen LogP contribution in [0.4, 0.5) is 5.69 Å². The minimum absolute atomic E-state index is 0.00908. The van der Waals surface area contributed by atoms with Gasteiger partial charge in [-0.3, -0.25) is 9.78 Å². The molecular formula is C19H18N5O+. The van der Waals surface area contributed by atoms with Crippen LogP contribution in [-0.2, 0) is 11.2 Å². The third-order valence-electron chi connectivity index (χ3n) is 4.16. The molecule has 1 amide bonds. The molecule has 2 aromatic rings. The topological polar surface area (TPSA) is 71.4 Å². The molecule has 1 unspecified atom stereocenters. The van der Waals surface area contributed by atoms with Crippen LogP contribution in [0, 0.1) is 0 Å². The van der Waals surface area contributed by atoms with Crippen LogP contribution in [0.25, 0.3) is 0 Å². The third kappa shape index (κ3) is 3.14. The number of fused-ring (bicyclic) bond motifs is 1. The average Bonchev–Trinajstić information content (AvgIpc) is 3.02. The molecule has 0 aliphatic carbocycles. The highest BCUT2D eigenvalue weighted by Crippen LogP contribution is 2.27. The molecule has 0 saturated heterocycles. The van der Waals surface area contributed by atoms with Gasteiger partial charge in [0.05, 0.1) is 5.70 Å². The summed E-state index contributed by atoms with van der Waals surface area (Å²) in [5.74, 6) is -0.159. The summed E-state index contributed by atoms with van der Waals surface area (Å²) in [6.07, 6.45) is 15.8. The van der Waals surface area contributed by atoms with Gasteiger partial charge in [0.25, 0.3) is 5.91 Å². The molecule has 6 nitrogen and oxygen atoms in total. The zero-order valence-corrected chi connectivity index (χ0v) is 13.5. The van der Waals surface area contributed by atoms with Crippen LogP contribution in [0.2, 0.25) is 0 Å². The summed E-state index contributed by atoms with van der Waals surface area (Å²) in [6, 6.07) is 7.57. The first-order valence-corrected chi connectivity index (χ1v) is 8.12. The first-order valence-electron chi connectivity index (χ1n) is 8.12. The van der Waals surface area contributed by atoms with E-state index in [-0.39, 0.29) is 12.1 Å². The van der Waals surface area contributed by atoms with Crippen LogP contribution in [-0.4, -0.2) is 22.0 Å². The fraction of sp³-hybridized carbons (Fsp3) is 0.105. The number of pyridine rings is 2. The number of carbonyl (C=O) groups excluding carboxylic acids is 1. The van der Waals surface area contributed by atoms with E-state index in [1.165, 1.54) is 0 Å². The van der Waals surface area contributed by atoms with Crippen molar-refractivity contribution in [2.24, 2.45) is 0 Å². The van der Waals surface area contributed by atoms with Crippen molar-refractivity contribution in [3.05, 3.63) is 90.4 Å². The van der Waals surface area contributed by atoms with Gasteiger partial charge in [-0.25, -0.2) is 4.98 Å². The van der Waals surface area contributed by atoms with Gasteiger partial charge >= 0.3 is 0 Å². The highest BCUT2D eigenvalue weighted by Gasteiger charge is 2.33. The SMILES string of the molecule is O=C(Nc1ccncc1)C1=C2C=CC=CN2C(Cc2ccc[nH+]c2)N1. The van der Waals surface area contributed by atoms with E-state index in [0.29, 0.717) is 5.70 Å². The lowest BCUT2D eigenvalue weighted by Crippen LogP contribution is -2.37. The quantitative estimate of drug-likeness (QED) is 0.892. The maximum atomic E-state index is 12.7. The molecule has 3 N–H and O–H groups in total. The van der Waals surface area contributed by atoms with Crippen molar-refractivity contribution in [3.8, 4) is 0 Å². The number of nitrogens with zero attached hydrogens (tertiary/aromatic N) is 2. The van der Waals surface area contributed by atoms with Gasteiger partial charge in [-0.1, -0.05) is 6.08 Å². The Labute approximate surface area is 145 Å². The number of carbonyl (C=O) groups is 1. The summed E-state index contributed by atoms with van der Waals surface area (Å²) in [6.45, 7) is 0. The lowest BCUT2D eigenvalue weighted by atomic mass is 10.1. The lowest BCUT2D eigenvalue weighted by Gasteiger charge is -2.25. The predicted octanol–water partition coefficient (Wildman–Crippen LogP) is 1.60. The molecule has 2 aliphatic rings. The van der Waals surface area contributed by atoms with Gasteiger partial charge in [0.1, 0.15) is 11.9 Å². The van der Waals surface area contributed by atoms with Gasteiger partial charge in [-0.05, 0) is 30.4 Å². The van der Waals surface area contributed by atoms with E-state index < -0.39 is 0 Å². The Morgan fingerprint density at radius 3 is 2.96 bits per heavy atom. The molecule has 0 saturated carbocycles. The van der Waals surface area contributed by atoms with E-state index in [1.807, 2.05) is 42.9 Å². The van der Waals surface area contributed by atoms with Gasteiger partial charge < -0.3 is 15.5 Å². The summed E-state index contributed by atoms with van der Waals surface area (Å²) in [4.78, 5) is 21.9. The Hall–Kier alpha value is -3.41. The third-order valence-corrected chi connectivity index (χ3v) is 4.16. The van der Waals surface area contributed by atoms with E-state index in [4.69, 9.17) is 0 Å². The Morgan fingerprint density at radius 1 is 1.28 bits per heavy atom.